The molecule has 15 heavy (non-hydrogen) atoms. The van der Waals surface area contributed by atoms with E-state index in [1.165, 1.54) is 0 Å². The molecule has 1 saturated heterocycles. The van der Waals surface area contributed by atoms with Gasteiger partial charge in [0, 0.05) is 29.5 Å². The zero-order chi connectivity index (χ0) is 11.6. The number of amides is 1. The molecular weight excluding hydrogens is 230 g/mol. The van der Waals surface area contributed by atoms with E-state index in [1.54, 1.807) is 0 Å². The normalized spacial score (nSPS) is 27.9. The van der Waals surface area contributed by atoms with Gasteiger partial charge in [0.1, 0.15) is 0 Å². The van der Waals surface area contributed by atoms with E-state index in [0.717, 1.165) is 12.3 Å². The van der Waals surface area contributed by atoms with Crippen LogP contribution in [-0.2, 0) is 4.79 Å². The summed E-state index contributed by atoms with van der Waals surface area (Å²) in [6.07, 6.45) is 0. The molecule has 4 heteroatoms. The van der Waals surface area contributed by atoms with Gasteiger partial charge >= 0.3 is 0 Å². The van der Waals surface area contributed by atoms with Gasteiger partial charge in [-0.3, -0.25) is 4.79 Å². The average Bonchev–Trinajstić information content (AvgIpc) is 2.21. The van der Waals surface area contributed by atoms with Crippen molar-refractivity contribution in [3.63, 3.8) is 0 Å². The molecule has 0 bridgehead atoms. The van der Waals surface area contributed by atoms with Gasteiger partial charge in [-0.15, -0.1) is 11.6 Å². The second-order valence-corrected chi connectivity index (χ2v) is 6.58. The van der Waals surface area contributed by atoms with Crippen molar-refractivity contribution >= 4 is 29.3 Å². The fraction of sp³-hybridized carbons (Fsp3) is 0.909. The maximum Gasteiger partial charge on any atom is 0.229 e. The predicted molar refractivity (Wildman–Crippen MR) is 67.6 cm³/mol. The van der Waals surface area contributed by atoms with Crippen LogP contribution in [0.5, 0.6) is 0 Å². The van der Waals surface area contributed by atoms with Crippen LogP contribution in [0, 0.1) is 5.41 Å². The fourth-order valence-corrected chi connectivity index (χ4v) is 2.88. The van der Waals surface area contributed by atoms with E-state index < -0.39 is 5.41 Å². The summed E-state index contributed by atoms with van der Waals surface area (Å²) in [6, 6.07) is 0.318. The fourth-order valence-electron chi connectivity index (χ4n) is 1.67. The maximum atomic E-state index is 12.2. The van der Waals surface area contributed by atoms with Gasteiger partial charge in [-0.05, 0) is 20.8 Å². The highest BCUT2D eigenvalue weighted by molar-refractivity contribution is 8.00. The van der Waals surface area contributed by atoms with E-state index >= 15 is 0 Å². The molecule has 0 aromatic rings. The van der Waals surface area contributed by atoms with Gasteiger partial charge in [0.2, 0.25) is 5.91 Å². The van der Waals surface area contributed by atoms with E-state index in [1.807, 2.05) is 30.5 Å². The molecule has 2 atom stereocenters. The molecule has 1 aliphatic rings. The maximum absolute atomic E-state index is 12.2. The van der Waals surface area contributed by atoms with Crippen LogP contribution >= 0.6 is 23.4 Å². The largest absolute Gasteiger partial charge is 0.338 e. The number of halogens is 1. The Hall–Kier alpha value is 0.110. The van der Waals surface area contributed by atoms with Crippen molar-refractivity contribution in [3.8, 4) is 0 Å². The lowest BCUT2D eigenvalue weighted by Gasteiger charge is -2.41. The minimum absolute atomic E-state index is 0.192. The smallest absolute Gasteiger partial charge is 0.229 e. The second-order valence-electron chi connectivity index (χ2n) is 4.83. The van der Waals surface area contributed by atoms with E-state index in [4.69, 9.17) is 11.6 Å². The lowest BCUT2D eigenvalue weighted by Crippen LogP contribution is -2.52. The van der Waals surface area contributed by atoms with Crippen molar-refractivity contribution in [2.45, 2.75) is 39.0 Å². The minimum Gasteiger partial charge on any atom is -0.338 e. The summed E-state index contributed by atoms with van der Waals surface area (Å²) in [6.45, 7) is 9.00. The van der Waals surface area contributed by atoms with Gasteiger partial charge in [-0.2, -0.15) is 11.8 Å². The SMILES string of the molecule is CC1SCCN(C(=O)C(C)(C)CCl)C1C. The number of carbonyl (C=O) groups is 1. The molecular formula is C11H20ClNOS. The Morgan fingerprint density at radius 2 is 2.13 bits per heavy atom. The molecule has 88 valence electrons. The van der Waals surface area contributed by atoms with Gasteiger partial charge in [0.25, 0.3) is 0 Å². The Labute approximate surface area is 102 Å². The summed E-state index contributed by atoms with van der Waals surface area (Å²) < 4.78 is 0. The molecule has 1 aliphatic heterocycles. The van der Waals surface area contributed by atoms with Crippen molar-refractivity contribution in [1.82, 2.24) is 4.90 Å². The first-order chi connectivity index (χ1) is 6.90. The van der Waals surface area contributed by atoms with Gasteiger partial charge < -0.3 is 4.90 Å². The van der Waals surface area contributed by atoms with Crippen LogP contribution in [0.2, 0.25) is 0 Å². The zero-order valence-corrected chi connectivity index (χ0v) is 11.5. The Morgan fingerprint density at radius 3 is 2.67 bits per heavy atom. The molecule has 1 fully saturated rings. The van der Waals surface area contributed by atoms with E-state index in [-0.39, 0.29) is 5.91 Å². The van der Waals surface area contributed by atoms with Crippen LogP contribution in [0.3, 0.4) is 0 Å². The van der Waals surface area contributed by atoms with E-state index in [0.29, 0.717) is 17.2 Å². The summed E-state index contributed by atoms with van der Waals surface area (Å²) in [5.74, 6) is 1.61. The monoisotopic (exact) mass is 249 g/mol. The number of carbonyl (C=O) groups excluding carboxylic acids is 1. The van der Waals surface area contributed by atoms with Crippen LogP contribution in [0.15, 0.2) is 0 Å². The summed E-state index contributed by atoms with van der Waals surface area (Å²) in [7, 11) is 0. The van der Waals surface area contributed by atoms with E-state index in [9.17, 15) is 4.79 Å². The van der Waals surface area contributed by atoms with Crippen molar-refractivity contribution in [1.29, 1.82) is 0 Å². The minimum atomic E-state index is -0.433. The number of rotatable bonds is 2. The van der Waals surface area contributed by atoms with Gasteiger partial charge in [0.05, 0.1) is 5.41 Å². The molecule has 1 amide bonds. The summed E-state index contributed by atoms with van der Waals surface area (Å²) in [5.41, 5.74) is -0.433. The lowest BCUT2D eigenvalue weighted by molar-refractivity contribution is -0.141. The molecule has 0 saturated carbocycles. The Kier molecular flexibility index (Phi) is 4.36. The van der Waals surface area contributed by atoms with Gasteiger partial charge in [-0.1, -0.05) is 6.92 Å². The topological polar surface area (TPSA) is 20.3 Å². The second kappa shape index (κ2) is 4.96. The first kappa shape index (κ1) is 13.2. The molecule has 1 rings (SSSR count). The number of hydrogen-bond acceptors (Lipinski definition) is 2. The number of alkyl halides is 1. The molecule has 2 nitrogen and oxygen atoms in total. The lowest BCUT2D eigenvalue weighted by atomic mass is 9.93. The first-order valence-corrected chi connectivity index (χ1v) is 6.97. The summed E-state index contributed by atoms with van der Waals surface area (Å²) in [4.78, 5) is 14.2. The molecule has 0 spiro atoms. The molecule has 0 aromatic carbocycles. The van der Waals surface area contributed by atoms with Crippen LogP contribution in [-0.4, -0.2) is 40.3 Å². The number of hydrogen-bond donors (Lipinski definition) is 0. The van der Waals surface area contributed by atoms with Crippen LogP contribution in [0.4, 0.5) is 0 Å². The third-order valence-corrected chi connectivity index (χ3v) is 5.06. The number of nitrogens with zero attached hydrogens (tertiary/aromatic N) is 1. The highest BCUT2D eigenvalue weighted by Gasteiger charge is 2.36. The molecule has 0 N–H and O–H groups in total. The van der Waals surface area contributed by atoms with Crippen molar-refractivity contribution in [3.05, 3.63) is 0 Å². The highest BCUT2D eigenvalue weighted by atomic mass is 35.5. The van der Waals surface area contributed by atoms with Gasteiger partial charge in [0.15, 0.2) is 0 Å². The third kappa shape index (κ3) is 2.82. The Morgan fingerprint density at radius 1 is 1.53 bits per heavy atom. The van der Waals surface area contributed by atoms with E-state index in [2.05, 4.69) is 13.8 Å². The highest BCUT2D eigenvalue weighted by Crippen LogP contribution is 2.29. The van der Waals surface area contributed by atoms with Crippen molar-refractivity contribution in [2.24, 2.45) is 5.41 Å². The van der Waals surface area contributed by atoms with Crippen molar-refractivity contribution in [2.75, 3.05) is 18.2 Å². The predicted octanol–water partition coefficient (Wildman–Crippen LogP) is 2.60. The Bertz CT molecular complexity index is 245. The van der Waals surface area contributed by atoms with Crippen LogP contribution < -0.4 is 0 Å². The first-order valence-electron chi connectivity index (χ1n) is 5.39. The zero-order valence-electron chi connectivity index (χ0n) is 9.92. The Balaban J connectivity index is 2.74. The molecule has 0 aliphatic carbocycles. The quantitative estimate of drug-likeness (QED) is 0.702. The molecule has 0 radical (unpaired) electrons. The molecule has 1 heterocycles. The van der Waals surface area contributed by atoms with Crippen LogP contribution in [0.1, 0.15) is 27.7 Å². The average molecular weight is 250 g/mol. The van der Waals surface area contributed by atoms with Gasteiger partial charge in [-0.25, -0.2) is 0 Å². The standard InChI is InChI=1S/C11H20ClNOS/c1-8-9(2)15-6-5-13(8)10(14)11(3,4)7-12/h8-9H,5-7H2,1-4H3. The molecule has 0 aromatic heterocycles. The third-order valence-electron chi connectivity index (χ3n) is 3.06. The summed E-state index contributed by atoms with van der Waals surface area (Å²) in [5, 5.41) is 0.522. The van der Waals surface area contributed by atoms with Crippen LogP contribution in [0.25, 0.3) is 0 Å². The molecule has 2 unspecified atom stereocenters. The summed E-state index contributed by atoms with van der Waals surface area (Å²) >= 11 is 7.78. The number of thioether (sulfide) groups is 1. The van der Waals surface area contributed by atoms with Crippen molar-refractivity contribution < 1.29 is 4.79 Å².